The lowest BCUT2D eigenvalue weighted by molar-refractivity contribution is -0.138. The van der Waals surface area contributed by atoms with Crippen LogP contribution >= 0.6 is 0 Å². The van der Waals surface area contributed by atoms with Crippen molar-refractivity contribution in [2.75, 3.05) is 13.1 Å². The Morgan fingerprint density at radius 2 is 2.00 bits per heavy atom. The van der Waals surface area contributed by atoms with Crippen molar-refractivity contribution in [1.29, 1.82) is 0 Å². The van der Waals surface area contributed by atoms with Crippen molar-refractivity contribution < 1.29 is 13.9 Å². The molecule has 1 heterocycles. The SMILES string of the molecule is CC(Oc1c(F)cccc1CN)C(=O)N1CCCCCC1. The Kier molecular flexibility index (Phi) is 5.56. The minimum Gasteiger partial charge on any atom is -0.477 e. The van der Waals surface area contributed by atoms with Crippen LogP contribution in [-0.4, -0.2) is 30.0 Å². The first kappa shape index (κ1) is 15.8. The Morgan fingerprint density at radius 3 is 2.62 bits per heavy atom. The third-order valence-corrected chi connectivity index (χ3v) is 3.83. The second kappa shape index (κ2) is 7.41. The van der Waals surface area contributed by atoms with E-state index >= 15 is 0 Å². The van der Waals surface area contributed by atoms with Crippen LogP contribution in [0.1, 0.15) is 38.2 Å². The van der Waals surface area contributed by atoms with Gasteiger partial charge >= 0.3 is 0 Å². The number of amides is 1. The molecule has 1 aliphatic heterocycles. The minimum atomic E-state index is -0.703. The number of carbonyl (C=O) groups is 1. The summed E-state index contributed by atoms with van der Waals surface area (Å²) in [6, 6.07) is 4.62. The Balaban J connectivity index is 2.06. The minimum absolute atomic E-state index is 0.0804. The van der Waals surface area contributed by atoms with E-state index in [1.807, 2.05) is 4.90 Å². The molecule has 21 heavy (non-hydrogen) atoms. The third kappa shape index (κ3) is 3.94. The number of rotatable bonds is 4. The highest BCUT2D eigenvalue weighted by Gasteiger charge is 2.24. The molecular weight excluding hydrogens is 271 g/mol. The Morgan fingerprint density at radius 1 is 1.33 bits per heavy atom. The molecule has 1 amide bonds. The van der Waals surface area contributed by atoms with E-state index in [-0.39, 0.29) is 18.2 Å². The van der Waals surface area contributed by atoms with Gasteiger partial charge in [-0.2, -0.15) is 0 Å². The Labute approximate surface area is 125 Å². The number of carbonyl (C=O) groups excluding carboxylic acids is 1. The first-order chi connectivity index (χ1) is 10.1. The van der Waals surface area contributed by atoms with Crippen LogP contribution in [0.3, 0.4) is 0 Å². The van der Waals surface area contributed by atoms with Gasteiger partial charge in [-0.15, -0.1) is 0 Å². The molecule has 1 saturated heterocycles. The number of hydrogen-bond acceptors (Lipinski definition) is 3. The van der Waals surface area contributed by atoms with Gasteiger partial charge in [-0.1, -0.05) is 25.0 Å². The summed E-state index contributed by atoms with van der Waals surface area (Å²) in [5.41, 5.74) is 6.17. The lowest BCUT2D eigenvalue weighted by atomic mass is 10.2. The summed E-state index contributed by atoms with van der Waals surface area (Å²) < 4.78 is 19.4. The molecule has 0 aliphatic carbocycles. The van der Waals surface area contributed by atoms with Crippen LogP contribution < -0.4 is 10.5 Å². The van der Waals surface area contributed by atoms with Gasteiger partial charge in [-0.05, 0) is 25.8 Å². The Hall–Kier alpha value is -1.62. The van der Waals surface area contributed by atoms with Gasteiger partial charge < -0.3 is 15.4 Å². The van der Waals surface area contributed by atoms with Gasteiger partial charge in [0, 0.05) is 25.2 Å². The molecule has 2 rings (SSSR count). The molecule has 1 fully saturated rings. The highest BCUT2D eigenvalue weighted by molar-refractivity contribution is 5.81. The normalized spacial score (nSPS) is 17.2. The van der Waals surface area contributed by atoms with Crippen LogP contribution in [0.4, 0.5) is 4.39 Å². The van der Waals surface area contributed by atoms with Crippen molar-refractivity contribution in [2.24, 2.45) is 5.73 Å². The molecule has 0 radical (unpaired) electrons. The lowest BCUT2D eigenvalue weighted by Gasteiger charge is -2.25. The van der Waals surface area contributed by atoms with Crippen molar-refractivity contribution in [3.63, 3.8) is 0 Å². The zero-order valence-corrected chi connectivity index (χ0v) is 12.5. The number of hydrogen-bond donors (Lipinski definition) is 1. The first-order valence-electron chi connectivity index (χ1n) is 7.56. The second-order valence-corrected chi connectivity index (χ2v) is 5.43. The lowest BCUT2D eigenvalue weighted by Crippen LogP contribution is -2.41. The van der Waals surface area contributed by atoms with Gasteiger partial charge in [0.25, 0.3) is 5.91 Å². The molecule has 0 saturated carbocycles. The van der Waals surface area contributed by atoms with Crippen LogP contribution in [0.5, 0.6) is 5.75 Å². The topological polar surface area (TPSA) is 55.6 Å². The zero-order chi connectivity index (χ0) is 15.2. The predicted octanol–water partition coefficient (Wildman–Crippen LogP) is 2.45. The molecule has 4 nitrogen and oxygen atoms in total. The third-order valence-electron chi connectivity index (χ3n) is 3.83. The quantitative estimate of drug-likeness (QED) is 0.928. The van der Waals surface area contributed by atoms with Crippen LogP contribution in [-0.2, 0) is 11.3 Å². The van der Waals surface area contributed by atoms with E-state index < -0.39 is 11.9 Å². The van der Waals surface area contributed by atoms with E-state index in [1.54, 1.807) is 19.1 Å². The summed E-state index contributed by atoms with van der Waals surface area (Å²) in [5.74, 6) is -0.465. The van der Waals surface area contributed by atoms with Gasteiger partial charge in [0.2, 0.25) is 0 Å². The van der Waals surface area contributed by atoms with E-state index in [0.717, 1.165) is 38.8 Å². The van der Waals surface area contributed by atoms with Gasteiger partial charge in [-0.25, -0.2) is 4.39 Å². The number of ether oxygens (including phenoxy) is 1. The van der Waals surface area contributed by atoms with Crippen molar-refractivity contribution in [1.82, 2.24) is 4.90 Å². The van der Waals surface area contributed by atoms with Gasteiger partial charge in [0.15, 0.2) is 17.7 Å². The van der Waals surface area contributed by atoms with Crippen molar-refractivity contribution in [2.45, 2.75) is 45.3 Å². The van der Waals surface area contributed by atoms with Gasteiger partial charge in [0.1, 0.15) is 0 Å². The summed E-state index contributed by atoms with van der Waals surface area (Å²) >= 11 is 0. The number of para-hydroxylation sites is 1. The smallest absolute Gasteiger partial charge is 0.263 e. The number of likely N-dealkylation sites (tertiary alicyclic amines) is 1. The first-order valence-corrected chi connectivity index (χ1v) is 7.56. The molecule has 1 aliphatic rings. The van der Waals surface area contributed by atoms with Crippen molar-refractivity contribution >= 4 is 5.91 Å². The Bertz CT molecular complexity index is 485. The van der Waals surface area contributed by atoms with Gasteiger partial charge in [-0.3, -0.25) is 4.79 Å². The van der Waals surface area contributed by atoms with Crippen LogP contribution in [0.15, 0.2) is 18.2 Å². The molecule has 116 valence electrons. The van der Waals surface area contributed by atoms with E-state index in [9.17, 15) is 9.18 Å². The molecule has 1 unspecified atom stereocenters. The predicted molar refractivity (Wildman–Crippen MR) is 79.4 cm³/mol. The maximum Gasteiger partial charge on any atom is 0.263 e. The highest BCUT2D eigenvalue weighted by Crippen LogP contribution is 2.24. The maximum atomic E-state index is 13.9. The van der Waals surface area contributed by atoms with E-state index in [1.165, 1.54) is 6.07 Å². The molecule has 1 atom stereocenters. The molecule has 1 aromatic carbocycles. The molecule has 0 spiro atoms. The summed E-state index contributed by atoms with van der Waals surface area (Å²) in [4.78, 5) is 14.2. The number of benzene rings is 1. The number of halogens is 1. The second-order valence-electron chi connectivity index (χ2n) is 5.43. The average Bonchev–Trinajstić information content (AvgIpc) is 2.77. The molecule has 5 heteroatoms. The van der Waals surface area contributed by atoms with Crippen LogP contribution in [0.2, 0.25) is 0 Å². The largest absolute Gasteiger partial charge is 0.477 e. The van der Waals surface area contributed by atoms with Crippen molar-refractivity contribution in [3.05, 3.63) is 29.6 Å². The monoisotopic (exact) mass is 294 g/mol. The van der Waals surface area contributed by atoms with E-state index in [2.05, 4.69) is 0 Å². The molecular formula is C16H23FN2O2. The summed E-state index contributed by atoms with van der Waals surface area (Å²) in [5, 5.41) is 0. The van der Waals surface area contributed by atoms with E-state index in [0.29, 0.717) is 5.56 Å². The molecule has 0 aromatic heterocycles. The maximum absolute atomic E-state index is 13.9. The summed E-state index contributed by atoms with van der Waals surface area (Å²) in [6.45, 7) is 3.36. The summed E-state index contributed by atoms with van der Waals surface area (Å²) in [6.07, 6.45) is 3.65. The van der Waals surface area contributed by atoms with Crippen LogP contribution in [0.25, 0.3) is 0 Å². The fourth-order valence-electron chi connectivity index (χ4n) is 2.62. The standard InChI is InChI=1S/C16H23FN2O2/c1-12(16(20)19-9-4-2-3-5-10-19)21-15-13(11-18)7-6-8-14(15)17/h6-8,12H,2-5,9-11,18H2,1H3. The molecule has 2 N–H and O–H groups in total. The van der Waals surface area contributed by atoms with Gasteiger partial charge in [0.05, 0.1) is 0 Å². The summed E-state index contributed by atoms with van der Waals surface area (Å²) in [7, 11) is 0. The fraction of sp³-hybridized carbons (Fsp3) is 0.562. The average molecular weight is 294 g/mol. The van der Waals surface area contributed by atoms with Crippen LogP contribution in [0, 0.1) is 5.82 Å². The highest BCUT2D eigenvalue weighted by atomic mass is 19.1. The number of nitrogens with zero attached hydrogens (tertiary/aromatic N) is 1. The number of nitrogens with two attached hydrogens (primary N) is 1. The van der Waals surface area contributed by atoms with Crippen molar-refractivity contribution in [3.8, 4) is 5.75 Å². The van der Waals surface area contributed by atoms with E-state index in [4.69, 9.17) is 10.5 Å². The fourth-order valence-corrected chi connectivity index (χ4v) is 2.62. The molecule has 1 aromatic rings. The molecule has 0 bridgehead atoms. The zero-order valence-electron chi connectivity index (χ0n) is 12.5.